The van der Waals surface area contributed by atoms with Gasteiger partial charge in [0.05, 0.1) is 24.9 Å². The van der Waals surface area contributed by atoms with Gasteiger partial charge in [0.15, 0.2) is 0 Å². The van der Waals surface area contributed by atoms with Gasteiger partial charge >= 0.3 is 5.97 Å². The molecule has 0 radical (unpaired) electrons. The minimum atomic E-state index is -0.736. The van der Waals surface area contributed by atoms with Crippen LogP contribution in [0.4, 0.5) is 0 Å². The summed E-state index contributed by atoms with van der Waals surface area (Å²) in [6, 6.07) is 18.6. The lowest BCUT2D eigenvalue weighted by molar-refractivity contribution is -0.145. The van der Waals surface area contributed by atoms with Crippen molar-refractivity contribution in [1.82, 2.24) is 15.1 Å². The van der Waals surface area contributed by atoms with Crippen molar-refractivity contribution in [3.8, 4) is 5.69 Å². The highest BCUT2D eigenvalue weighted by atomic mass is 16.5. The molecule has 1 heterocycles. The van der Waals surface area contributed by atoms with Gasteiger partial charge in [-0.1, -0.05) is 48.5 Å². The zero-order valence-electron chi connectivity index (χ0n) is 16.9. The van der Waals surface area contributed by atoms with Gasteiger partial charge in [-0.25, -0.2) is 9.48 Å². The van der Waals surface area contributed by atoms with E-state index in [4.69, 9.17) is 4.74 Å². The maximum absolute atomic E-state index is 12.7. The summed E-state index contributed by atoms with van der Waals surface area (Å²) in [5.41, 5.74) is 4.44. The Morgan fingerprint density at radius 1 is 1.03 bits per heavy atom. The van der Waals surface area contributed by atoms with Crippen LogP contribution in [0.25, 0.3) is 5.69 Å². The molecular weight excluding hydrogens is 366 g/mol. The Kier molecular flexibility index (Phi) is 6.44. The van der Waals surface area contributed by atoms with Crippen LogP contribution in [-0.2, 0) is 27.2 Å². The van der Waals surface area contributed by atoms with Crippen molar-refractivity contribution in [2.24, 2.45) is 0 Å². The van der Waals surface area contributed by atoms with Gasteiger partial charge in [-0.05, 0) is 31.5 Å². The fraction of sp³-hybridized carbons (Fsp3) is 0.261. The van der Waals surface area contributed by atoms with Crippen LogP contribution < -0.4 is 5.32 Å². The fourth-order valence-corrected chi connectivity index (χ4v) is 3.34. The Hall–Kier alpha value is -3.41. The third-order valence-corrected chi connectivity index (χ3v) is 4.88. The smallest absolute Gasteiger partial charge is 0.328 e. The SMILES string of the molecule is COC(=O)[C@H](Cc1ccccc1)NC(=O)Cc1c(C)nn(-c2ccccc2)c1C. The van der Waals surface area contributed by atoms with Crippen molar-refractivity contribution in [2.45, 2.75) is 32.7 Å². The van der Waals surface area contributed by atoms with E-state index in [1.165, 1.54) is 7.11 Å². The number of hydrogen-bond acceptors (Lipinski definition) is 4. The molecule has 0 bridgehead atoms. The number of carbonyl (C=O) groups excluding carboxylic acids is 2. The van der Waals surface area contributed by atoms with Crippen molar-refractivity contribution in [3.63, 3.8) is 0 Å². The number of ether oxygens (including phenoxy) is 1. The number of nitrogens with zero attached hydrogens (tertiary/aromatic N) is 2. The second kappa shape index (κ2) is 9.19. The molecule has 0 fully saturated rings. The van der Waals surface area contributed by atoms with Gasteiger partial charge in [-0.3, -0.25) is 4.79 Å². The number of para-hydroxylation sites is 1. The van der Waals surface area contributed by atoms with Gasteiger partial charge in [0.25, 0.3) is 0 Å². The molecule has 0 aliphatic carbocycles. The summed E-state index contributed by atoms with van der Waals surface area (Å²) in [6.45, 7) is 3.83. The van der Waals surface area contributed by atoms with Crippen molar-refractivity contribution in [1.29, 1.82) is 0 Å². The molecule has 1 aromatic heterocycles. The summed E-state index contributed by atoms with van der Waals surface area (Å²) in [4.78, 5) is 24.9. The van der Waals surface area contributed by atoms with Crippen LogP contribution in [0.3, 0.4) is 0 Å². The maximum Gasteiger partial charge on any atom is 0.328 e. The topological polar surface area (TPSA) is 73.2 Å². The molecule has 0 aliphatic rings. The average molecular weight is 391 g/mol. The molecule has 1 amide bonds. The summed E-state index contributed by atoms with van der Waals surface area (Å²) in [7, 11) is 1.32. The molecule has 0 saturated heterocycles. The van der Waals surface area contributed by atoms with Gasteiger partial charge in [0.2, 0.25) is 5.91 Å². The van der Waals surface area contributed by atoms with E-state index in [0.717, 1.165) is 28.2 Å². The lowest BCUT2D eigenvalue weighted by Gasteiger charge is -2.17. The third-order valence-electron chi connectivity index (χ3n) is 4.88. The van der Waals surface area contributed by atoms with E-state index < -0.39 is 12.0 Å². The largest absolute Gasteiger partial charge is 0.467 e. The van der Waals surface area contributed by atoms with Gasteiger partial charge < -0.3 is 10.1 Å². The molecule has 0 spiro atoms. The lowest BCUT2D eigenvalue weighted by Crippen LogP contribution is -2.43. The van der Waals surface area contributed by atoms with Gasteiger partial charge in [-0.2, -0.15) is 5.10 Å². The predicted octanol–water partition coefficient (Wildman–Crippen LogP) is 2.93. The van der Waals surface area contributed by atoms with Crippen LogP contribution in [0.1, 0.15) is 22.5 Å². The van der Waals surface area contributed by atoms with E-state index in [1.54, 1.807) is 0 Å². The molecule has 3 aromatic rings. The number of rotatable bonds is 7. The summed E-state index contributed by atoms with van der Waals surface area (Å²) in [5, 5.41) is 7.39. The molecule has 0 aliphatic heterocycles. The summed E-state index contributed by atoms with van der Waals surface area (Å²) >= 11 is 0. The van der Waals surface area contributed by atoms with Crippen LogP contribution in [0.2, 0.25) is 0 Å². The number of amides is 1. The molecule has 2 aromatic carbocycles. The highest BCUT2D eigenvalue weighted by Crippen LogP contribution is 2.18. The second-order valence-corrected chi connectivity index (χ2v) is 6.91. The first-order chi connectivity index (χ1) is 14.0. The minimum Gasteiger partial charge on any atom is -0.467 e. The Bertz CT molecular complexity index is 981. The van der Waals surface area contributed by atoms with Crippen LogP contribution in [0.15, 0.2) is 60.7 Å². The Labute approximate surface area is 170 Å². The second-order valence-electron chi connectivity index (χ2n) is 6.91. The third kappa shape index (κ3) is 4.90. The van der Waals surface area contributed by atoms with Crippen molar-refractivity contribution < 1.29 is 14.3 Å². The van der Waals surface area contributed by atoms with Crippen molar-refractivity contribution in [2.75, 3.05) is 7.11 Å². The number of methoxy groups -OCH3 is 1. The number of nitrogens with one attached hydrogen (secondary N) is 1. The van der Waals surface area contributed by atoms with E-state index in [0.29, 0.717) is 6.42 Å². The highest BCUT2D eigenvalue weighted by Gasteiger charge is 2.23. The molecular formula is C23H25N3O3. The van der Waals surface area contributed by atoms with E-state index in [1.807, 2.05) is 79.2 Å². The number of hydrogen-bond donors (Lipinski definition) is 1. The lowest BCUT2D eigenvalue weighted by atomic mass is 10.0. The number of benzene rings is 2. The van der Waals surface area contributed by atoms with E-state index in [9.17, 15) is 9.59 Å². The molecule has 1 N–H and O–H groups in total. The van der Waals surface area contributed by atoms with E-state index >= 15 is 0 Å². The predicted molar refractivity (Wildman–Crippen MR) is 111 cm³/mol. The molecule has 0 unspecified atom stereocenters. The summed E-state index contributed by atoms with van der Waals surface area (Å²) < 4.78 is 6.71. The quantitative estimate of drug-likeness (QED) is 0.629. The number of esters is 1. The first kappa shape index (κ1) is 20.3. The molecule has 6 nitrogen and oxygen atoms in total. The first-order valence-electron chi connectivity index (χ1n) is 9.51. The van der Waals surface area contributed by atoms with Crippen molar-refractivity contribution >= 4 is 11.9 Å². The number of carbonyl (C=O) groups is 2. The number of aryl methyl sites for hydroxylation is 1. The minimum absolute atomic E-state index is 0.146. The monoisotopic (exact) mass is 391 g/mol. The van der Waals surface area contributed by atoms with Crippen LogP contribution in [0.5, 0.6) is 0 Å². The van der Waals surface area contributed by atoms with E-state index in [-0.39, 0.29) is 12.3 Å². The first-order valence-corrected chi connectivity index (χ1v) is 9.51. The van der Waals surface area contributed by atoms with Gasteiger partial charge in [-0.15, -0.1) is 0 Å². The van der Waals surface area contributed by atoms with E-state index in [2.05, 4.69) is 10.4 Å². The molecule has 6 heteroatoms. The van der Waals surface area contributed by atoms with Gasteiger partial charge in [0.1, 0.15) is 6.04 Å². The summed E-state index contributed by atoms with van der Waals surface area (Å²) in [5.74, 6) is -0.703. The standard InChI is InChI=1S/C23H25N3O3/c1-16-20(17(2)26(25-16)19-12-8-5-9-13-19)15-22(27)24-21(23(28)29-3)14-18-10-6-4-7-11-18/h4-13,21H,14-15H2,1-3H3,(H,24,27)/t21-/m0/s1. The zero-order valence-corrected chi connectivity index (χ0v) is 16.9. The average Bonchev–Trinajstić information content (AvgIpc) is 3.02. The summed E-state index contributed by atoms with van der Waals surface area (Å²) in [6.07, 6.45) is 0.521. The number of aromatic nitrogens is 2. The normalized spacial score (nSPS) is 11.7. The molecule has 3 rings (SSSR count). The van der Waals surface area contributed by atoms with Crippen molar-refractivity contribution in [3.05, 3.63) is 83.2 Å². The fourth-order valence-electron chi connectivity index (χ4n) is 3.34. The van der Waals surface area contributed by atoms with Crippen LogP contribution in [0, 0.1) is 13.8 Å². The highest BCUT2D eigenvalue weighted by molar-refractivity contribution is 5.86. The maximum atomic E-state index is 12.7. The Balaban J connectivity index is 1.75. The van der Waals surface area contributed by atoms with Crippen LogP contribution >= 0.6 is 0 Å². The molecule has 150 valence electrons. The Morgan fingerprint density at radius 3 is 2.28 bits per heavy atom. The Morgan fingerprint density at radius 2 is 1.66 bits per heavy atom. The molecule has 0 saturated carbocycles. The molecule has 1 atom stereocenters. The van der Waals surface area contributed by atoms with Crippen LogP contribution in [-0.4, -0.2) is 34.8 Å². The van der Waals surface area contributed by atoms with Gasteiger partial charge in [0, 0.05) is 17.7 Å². The zero-order chi connectivity index (χ0) is 20.8. The molecule has 29 heavy (non-hydrogen) atoms.